The van der Waals surface area contributed by atoms with Crippen molar-refractivity contribution in [2.45, 2.75) is 86.5 Å². The molecule has 0 unspecified atom stereocenters. The summed E-state index contributed by atoms with van der Waals surface area (Å²) in [4.78, 5) is 4.86. The van der Waals surface area contributed by atoms with E-state index in [1.54, 1.807) is 0 Å². The highest BCUT2D eigenvalue weighted by Crippen LogP contribution is 2.07. The lowest BCUT2D eigenvalue weighted by Crippen LogP contribution is -2.24. The van der Waals surface area contributed by atoms with Crippen molar-refractivity contribution in [1.29, 1.82) is 0 Å². The predicted octanol–water partition coefficient (Wildman–Crippen LogP) is 5.92. The smallest absolute Gasteiger partial charge is 0.000133 e. The molecular formula is C21H48N2. The van der Waals surface area contributed by atoms with E-state index in [1.165, 1.54) is 71.1 Å². The zero-order chi connectivity index (χ0) is 18.1. The Kier molecular flexibility index (Phi) is 20.0. The Bertz CT molecular complexity index is 214. The largest absolute Gasteiger partial charge is 0.306 e. The average molecular weight is 329 g/mol. The van der Waals surface area contributed by atoms with Gasteiger partial charge in [0.1, 0.15) is 0 Å². The molecule has 0 aromatic heterocycles. The van der Waals surface area contributed by atoms with Crippen LogP contribution in [0.15, 0.2) is 0 Å². The first-order chi connectivity index (χ1) is 10.8. The van der Waals surface area contributed by atoms with E-state index in [2.05, 4.69) is 65.4 Å². The van der Waals surface area contributed by atoms with Crippen LogP contribution in [0.4, 0.5) is 0 Å². The predicted molar refractivity (Wildman–Crippen MR) is 108 cm³/mol. The summed E-state index contributed by atoms with van der Waals surface area (Å²) in [5, 5.41) is 0. The molecule has 0 fully saturated rings. The summed E-state index contributed by atoms with van der Waals surface area (Å²) in [6.07, 6.45) is 9.50. The van der Waals surface area contributed by atoms with Crippen LogP contribution in [0, 0.1) is 11.8 Å². The molecule has 0 rings (SSSR count). The third-order valence-corrected chi connectivity index (χ3v) is 4.00. The van der Waals surface area contributed by atoms with Gasteiger partial charge < -0.3 is 9.80 Å². The Hall–Kier alpha value is -0.0800. The van der Waals surface area contributed by atoms with E-state index in [0.29, 0.717) is 0 Å². The molecule has 0 atom stereocenters. The van der Waals surface area contributed by atoms with E-state index in [-0.39, 0.29) is 0 Å². The number of nitrogens with zero attached hydrogens (tertiary/aromatic N) is 2. The normalized spacial score (nSPS) is 11.5. The fourth-order valence-electron chi connectivity index (χ4n) is 2.77. The molecule has 0 heterocycles. The number of hydrogen-bond donors (Lipinski definition) is 0. The summed E-state index contributed by atoms with van der Waals surface area (Å²) in [5.41, 5.74) is 0. The maximum absolute atomic E-state index is 2.45. The summed E-state index contributed by atoms with van der Waals surface area (Å²) in [6, 6.07) is 0. The fourth-order valence-corrected chi connectivity index (χ4v) is 2.77. The van der Waals surface area contributed by atoms with Crippen molar-refractivity contribution in [3.8, 4) is 0 Å². The molecule has 0 amide bonds. The summed E-state index contributed by atoms with van der Waals surface area (Å²) in [5.74, 6) is 1.67. The first-order valence-corrected chi connectivity index (χ1v) is 10.2. The number of hydrogen-bond acceptors (Lipinski definition) is 2. The molecule has 0 aromatic rings. The topological polar surface area (TPSA) is 6.48 Å². The molecule has 0 aliphatic carbocycles. The molecule has 0 saturated heterocycles. The third-order valence-electron chi connectivity index (χ3n) is 4.00. The van der Waals surface area contributed by atoms with Gasteiger partial charge in [-0.1, -0.05) is 67.2 Å². The zero-order valence-electron chi connectivity index (χ0n) is 17.8. The standard InChI is InChI=1S/C12H27N.C9H21N/c1-11(2)8-6-7-9-13(5)10-12(3)4;1-4-6-7-9-10(3)8-5-2/h11-12H,6-10H2,1-5H3;4-9H2,1-3H3. The summed E-state index contributed by atoms with van der Waals surface area (Å²) < 4.78 is 0. The van der Waals surface area contributed by atoms with E-state index in [1.807, 2.05) is 0 Å². The van der Waals surface area contributed by atoms with Gasteiger partial charge in [0, 0.05) is 6.54 Å². The fraction of sp³-hybridized carbons (Fsp3) is 1.00. The van der Waals surface area contributed by atoms with Crippen molar-refractivity contribution >= 4 is 0 Å². The van der Waals surface area contributed by atoms with Crippen LogP contribution in [-0.4, -0.2) is 50.1 Å². The van der Waals surface area contributed by atoms with Gasteiger partial charge >= 0.3 is 0 Å². The molecule has 0 saturated carbocycles. The molecule has 0 N–H and O–H groups in total. The molecule has 2 nitrogen and oxygen atoms in total. The quantitative estimate of drug-likeness (QED) is 0.387. The molecular weight excluding hydrogens is 280 g/mol. The highest BCUT2D eigenvalue weighted by Gasteiger charge is 2.01. The van der Waals surface area contributed by atoms with E-state index < -0.39 is 0 Å². The van der Waals surface area contributed by atoms with Gasteiger partial charge in [-0.2, -0.15) is 0 Å². The van der Waals surface area contributed by atoms with Crippen LogP contribution in [0.2, 0.25) is 0 Å². The lowest BCUT2D eigenvalue weighted by atomic mass is 10.1. The van der Waals surface area contributed by atoms with Crippen molar-refractivity contribution in [3.63, 3.8) is 0 Å². The Morgan fingerprint density at radius 2 is 1.17 bits per heavy atom. The highest BCUT2D eigenvalue weighted by molar-refractivity contribution is 4.55. The number of unbranched alkanes of at least 4 members (excludes halogenated alkanes) is 3. The Labute approximate surface area is 149 Å². The summed E-state index contributed by atoms with van der Waals surface area (Å²) >= 11 is 0. The molecule has 142 valence electrons. The van der Waals surface area contributed by atoms with Crippen LogP contribution < -0.4 is 0 Å². The Morgan fingerprint density at radius 1 is 0.609 bits per heavy atom. The summed E-state index contributed by atoms with van der Waals surface area (Å²) in [7, 11) is 4.44. The van der Waals surface area contributed by atoms with E-state index >= 15 is 0 Å². The minimum atomic E-state index is 0.801. The minimum Gasteiger partial charge on any atom is -0.306 e. The van der Waals surface area contributed by atoms with Crippen molar-refractivity contribution in [2.24, 2.45) is 11.8 Å². The van der Waals surface area contributed by atoms with Crippen LogP contribution in [0.1, 0.15) is 86.5 Å². The third kappa shape index (κ3) is 24.3. The average Bonchev–Trinajstić information content (AvgIpc) is 2.44. The second kappa shape index (κ2) is 18.3. The second-order valence-corrected chi connectivity index (χ2v) is 8.06. The lowest BCUT2D eigenvalue weighted by Gasteiger charge is -2.18. The maximum Gasteiger partial charge on any atom is 0.000133 e. The van der Waals surface area contributed by atoms with Crippen LogP contribution in [-0.2, 0) is 0 Å². The second-order valence-electron chi connectivity index (χ2n) is 8.06. The van der Waals surface area contributed by atoms with Crippen molar-refractivity contribution in [1.82, 2.24) is 9.80 Å². The van der Waals surface area contributed by atoms with E-state index in [4.69, 9.17) is 0 Å². The van der Waals surface area contributed by atoms with E-state index in [0.717, 1.165) is 11.8 Å². The minimum absolute atomic E-state index is 0.801. The van der Waals surface area contributed by atoms with Gasteiger partial charge in [0.25, 0.3) is 0 Å². The number of rotatable bonds is 13. The molecule has 0 bridgehead atoms. The van der Waals surface area contributed by atoms with Gasteiger partial charge in [0.15, 0.2) is 0 Å². The highest BCUT2D eigenvalue weighted by atomic mass is 15.1. The van der Waals surface area contributed by atoms with Crippen LogP contribution >= 0.6 is 0 Å². The lowest BCUT2D eigenvalue weighted by molar-refractivity contribution is 0.286. The first kappa shape index (κ1) is 25.2. The molecule has 0 aliphatic heterocycles. The zero-order valence-corrected chi connectivity index (χ0v) is 17.8. The molecule has 2 heteroatoms. The van der Waals surface area contributed by atoms with Gasteiger partial charge in [0.2, 0.25) is 0 Å². The molecule has 0 aliphatic rings. The van der Waals surface area contributed by atoms with Crippen LogP contribution in [0.3, 0.4) is 0 Å². The Balaban J connectivity index is 0. The Morgan fingerprint density at radius 3 is 1.65 bits per heavy atom. The maximum atomic E-state index is 2.45. The van der Waals surface area contributed by atoms with Crippen molar-refractivity contribution in [2.75, 3.05) is 40.3 Å². The SMILES string of the molecule is CC(C)CCCCN(C)CC(C)C.CCCCCN(C)CCC. The molecule has 23 heavy (non-hydrogen) atoms. The molecule has 0 aromatic carbocycles. The molecule has 0 radical (unpaired) electrons. The van der Waals surface area contributed by atoms with Crippen LogP contribution in [0.25, 0.3) is 0 Å². The van der Waals surface area contributed by atoms with Gasteiger partial charge in [-0.25, -0.2) is 0 Å². The van der Waals surface area contributed by atoms with Crippen molar-refractivity contribution in [3.05, 3.63) is 0 Å². The summed E-state index contributed by atoms with van der Waals surface area (Å²) in [6.45, 7) is 18.7. The van der Waals surface area contributed by atoms with Gasteiger partial charge in [-0.3, -0.25) is 0 Å². The van der Waals surface area contributed by atoms with E-state index in [9.17, 15) is 0 Å². The van der Waals surface area contributed by atoms with Crippen molar-refractivity contribution < 1.29 is 0 Å². The van der Waals surface area contributed by atoms with Gasteiger partial charge in [-0.05, 0) is 64.8 Å². The molecule has 0 spiro atoms. The van der Waals surface area contributed by atoms with Gasteiger partial charge in [0.05, 0.1) is 0 Å². The monoisotopic (exact) mass is 328 g/mol. The first-order valence-electron chi connectivity index (χ1n) is 10.2. The van der Waals surface area contributed by atoms with Crippen LogP contribution in [0.5, 0.6) is 0 Å². The van der Waals surface area contributed by atoms with Gasteiger partial charge in [-0.15, -0.1) is 0 Å².